The van der Waals surface area contributed by atoms with Crippen LogP contribution in [-0.4, -0.2) is 11.5 Å². The van der Waals surface area contributed by atoms with Crippen LogP contribution in [0.1, 0.15) is 11.1 Å². The summed E-state index contributed by atoms with van der Waals surface area (Å²) in [4.78, 5) is 12.4. The summed E-state index contributed by atoms with van der Waals surface area (Å²) in [6.45, 7) is 1.77. The number of rotatable bonds is 5. The highest BCUT2D eigenvalue weighted by Gasteiger charge is 2.09. The van der Waals surface area contributed by atoms with Crippen LogP contribution in [0.4, 0.5) is 8.78 Å². The number of benzene rings is 2. The second-order valence-electron chi connectivity index (χ2n) is 4.51. The summed E-state index contributed by atoms with van der Waals surface area (Å²) in [6.07, 6.45) is 0.244. The van der Waals surface area contributed by atoms with Crippen molar-refractivity contribution in [1.29, 1.82) is 0 Å². The third-order valence-corrected chi connectivity index (χ3v) is 4.03. The Morgan fingerprint density at radius 1 is 1.15 bits per heavy atom. The SMILES string of the molecule is Cc1cc(F)ccc1CC(=O)CSc1ccccc1F. The first-order valence-electron chi connectivity index (χ1n) is 6.20. The summed E-state index contributed by atoms with van der Waals surface area (Å²) in [6, 6.07) is 10.7. The summed E-state index contributed by atoms with van der Waals surface area (Å²) in [7, 11) is 0. The first-order valence-corrected chi connectivity index (χ1v) is 7.19. The van der Waals surface area contributed by atoms with Crippen LogP contribution in [0.5, 0.6) is 0 Å². The topological polar surface area (TPSA) is 17.1 Å². The molecule has 0 aromatic heterocycles. The normalized spacial score (nSPS) is 10.6. The Hall–Kier alpha value is -1.68. The highest BCUT2D eigenvalue weighted by molar-refractivity contribution is 8.00. The Labute approximate surface area is 121 Å². The summed E-state index contributed by atoms with van der Waals surface area (Å²) in [5.74, 6) is -0.423. The predicted molar refractivity (Wildman–Crippen MR) is 77.0 cm³/mol. The van der Waals surface area contributed by atoms with Crippen molar-refractivity contribution >= 4 is 17.5 Å². The van der Waals surface area contributed by atoms with E-state index in [1.165, 1.54) is 30.0 Å². The maximum Gasteiger partial charge on any atom is 0.147 e. The molecule has 2 aromatic carbocycles. The van der Waals surface area contributed by atoms with Gasteiger partial charge in [-0.3, -0.25) is 4.79 Å². The number of carbonyl (C=O) groups excluding carboxylic acids is 1. The molecular formula is C16H14F2OS. The maximum atomic E-state index is 13.4. The number of Topliss-reactive ketones (excluding diaryl/α,β-unsaturated/α-hetero) is 1. The van der Waals surface area contributed by atoms with Gasteiger partial charge in [-0.05, 0) is 42.3 Å². The van der Waals surface area contributed by atoms with E-state index in [-0.39, 0.29) is 29.6 Å². The van der Waals surface area contributed by atoms with Gasteiger partial charge in [-0.15, -0.1) is 11.8 Å². The summed E-state index contributed by atoms with van der Waals surface area (Å²) < 4.78 is 26.4. The molecule has 0 amide bonds. The fourth-order valence-corrected chi connectivity index (χ4v) is 2.64. The van der Waals surface area contributed by atoms with Gasteiger partial charge in [0.2, 0.25) is 0 Å². The largest absolute Gasteiger partial charge is 0.298 e. The average molecular weight is 292 g/mol. The van der Waals surface area contributed by atoms with Gasteiger partial charge in [-0.2, -0.15) is 0 Å². The second kappa shape index (κ2) is 6.66. The third-order valence-electron chi connectivity index (χ3n) is 2.92. The molecule has 0 N–H and O–H groups in total. The van der Waals surface area contributed by atoms with Gasteiger partial charge in [0.05, 0.1) is 5.75 Å². The van der Waals surface area contributed by atoms with E-state index in [4.69, 9.17) is 0 Å². The quantitative estimate of drug-likeness (QED) is 0.769. The molecule has 20 heavy (non-hydrogen) atoms. The number of thioether (sulfide) groups is 1. The number of hydrogen-bond donors (Lipinski definition) is 0. The molecule has 0 aliphatic heterocycles. The second-order valence-corrected chi connectivity index (χ2v) is 5.52. The molecule has 2 aromatic rings. The van der Waals surface area contributed by atoms with E-state index < -0.39 is 0 Å². The Kier molecular flexibility index (Phi) is 4.90. The van der Waals surface area contributed by atoms with Crippen molar-refractivity contribution in [3.05, 3.63) is 65.2 Å². The number of halogens is 2. The first kappa shape index (κ1) is 14.7. The van der Waals surface area contributed by atoms with Crippen LogP contribution in [0.15, 0.2) is 47.4 Å². The monoisotopic (exact) mass is 292 g/mol. The Balaban J connectivity index is 1.94. The number of hydrogen-bond acceptors (Lipinski definition) is 2. The Morgan fingerprint density at radius 3 is 2.60 bits per heavy atom. The number of ketones is 1. The molecule has 0 radical (unpaired) electrons. The van der Waals surface area contributed by atoms with Gasteiger partial charge in [0.15, 0.2) is 0 Å². The maximum absolute atomic E-state index is 13.4. The lowest BCUT2D eigenvalue weighted by Gasteiger charge is -2.06. The van der Waals surface area contributed by atoms with E-state index in [0.717, 1.165) is 11.1 Å². The molecule has 104 valence electrons. The Morgan fingerprint density at radius 2 is 1.90 bits per heavy atom. The molecule has 0 saturated carbocycles. The summed E-state index contributed by atoms with van der Waals surface area (Å²) in [5, 5.41) is 0. The van der Waals surface area contributed by atoms with Gasteiger partial charge in [-0.25, -0.2) is 8.78 Å². The van der Waals surface area contributed by atoms with Gasteiger partial charge >= 0.3 is 0 Å². The van der Waals surface area contributed by atoms with E-state index in [0.29, 0.717) is 4.90 Å². The Bertz CT molecular complexity index is 626. The zero-order chi connectivity index (χ0) is 14.5. The lowest BCUT2D eigenvalue weighted by atomic mass is 10.0. The van der Waals surface area contributed by atoms with E-state index in [9.17, 15) is 13.6 Å². The van der Waals surface area contributed by atoms with Crippen molar-refractivity contribution in [2.24, 2.45) is 0 Å². The van der Waals surface area contributed by atoms with E-state index >= 15 is 0 Å². The van der Waals surface area contributed by atoms with E-state index in [2.05, 4.69) is 0 Å². The molecule has 0 aliphatic carbocycles. The van der Waals surface area contributed by atoms with Crippen LogP contribution >= 0.6 is 11.8 Å². The molecule has 0 atom stereocenters. The minimum Gasteiger partial charge on any atom is -0.298 e. The lowest BCUT2D eigenvalue weighted by molar-refractivity contribution is -0.116. The van der Waals surface area contributed by atoms with Crippen molar-refractivity contribution in [3.63, 3.8) is 0 Å². The van der Waals surface area contributed by atoms with Gasteiger partial charge < -0.3 is 0 Å². The zero-order valence-corrected chi connectivity index (χ0v) is 11.8. The molecule has 1 nitrogen and oxygen atoms in total. The summed E-state index contributed by atoms with van der Waals surface area (Å²) >= 11 is 1.18. The molecule has 0 unspecified atom stereocenters. The predicted octanol–water partition coefficient (Wildman–Crippen LogP) is 4.18. The van der Waals surface area contributed by atoms with Crippen molar-refractivity contribution in [2.75, 3.05) is 5.75 Å². The average Bonchev–Trinajstić information content (AvgIpc) is 2.41. The van der Waals surface area contributed by atoms with Gasteiger partial charge in [0.25, 0.3) is 0 Å². The molecule has 0 saturated heterocycles. The fraction of sp³-hybridized carbons (Fsp3) is 0.188. The van der Waals surface area contributed by atoms with Gasteiger partial charge in [0, 0.05) is 11.3 Å². The molecule has 0 aliphatic rings. The minimum atomic E-state index is -0.316. The fourth-order valence-electron chi connectivity index (χ4n) is 1.84. The van der Waals surface area contributed by atoms with Crippen LogP contribution in [0.25, 0.3) is 0 Å². The van der Waals surface area contributed by atoms with Crippen LogP contribution < -0.4 is 0 Å². The standard InChI is InChI=1S/C16H14F2OS/c1-11-8-13(17)7-6-12(11)9-14(19)10-20-16-5-3-2-4-15(16)18/h2-8H,9-10H2,1H3. The molecule has 0 fully saturated rings. The van der Waals surface area contributed by atoms with Crippen LogP contribution in [0.3, 0.4) is 0 Å². The first-order chi connectivity index (χ1) is 9.56. The van der Waals surface area contributed by atoms with Crippen molar-refractivity contribution < 1.29 is 13.6 Å². The molecule has 4 heteroatoms. The highest BCUT2D eigenvalue weighted by atomic mass is 32.2. The summed E-state index contributed by atoms with van der Waals surface area (Å²) in [5.41, 5.74) is 1.57. The zero-order valence-electron chi connectivity index (χ0n) is 11.0. The van der Waals surface area contributed by atoms with Gasteiger partial charge in [0.1, 0.15) is 17.4 Å². The van der Waals surface area contributed by atoms with Crippen molar-refractivity contribution in [3.8, 4) is 0 Å². The van der Waals surface area contributed by atoms with E-state index in [1.807, 2.05) is 0 Å². The van der Waals surface area contributed by atoms with Crippen LogP contribution in [0, 0.1) is 18.6 Å². The molecule has 0 heterocycles. The minimum absolute atomic E-state index is 0.00652. The molecule has 2 rings (SSSR count). The molecule has 0 spiro atoms. The lowest BCUT2D eigenvalue weighted by Crippen LogP contribution is -2.07. The van der Waals surface area contributed by atoms with Gasteiger partial charge in [-0.1, -0.05) is 18.2 Å². The highest BCUT2D eigenvalue weighted by Crippen LogP contribution is 2.22. The van der Waals surface area contributed by atoms with Crippen molar-refractivity contribution in [1.82, 2.24) is 0 Å². The van der Waals surface area contributed by atoms with E-state index in [1.54, 1.807) is 31.2 Å². The smallest absolute Gasteiger partial charge is 0.147 e. The number of carbonyl (C=O) groups is 1. The van der Waals surface area contributed by atoms with Crippen LogP contribution in [-0.2, 0) is 11.2 Å². The third kappa shape index (κ3) is 3.90. The number of aryl methyl sites for hydroxylation is 1. The van der Waals surface area contributed by atoms with Crippen molar-refractivity contribution in [2.45, 2.75) is 18.2 Å². The molecule has 0 bridgehead atoms. The van der Waals surface area contributed by atoms with Crippen LogP contribution in [0.2, 0.25) is 0 Å². The molecular weight excluding hydrogens is 278 g/mol.